The Hall–Kier alpha value is -0.0800. The van der Waals surface area contributed by atoms with Gasteiger partial charge >= 0.3 is 0 Å². The fourth-order valence-corrected chi connectivity index (χ4v) is 3.20. The minimum absolute atomic E-state index is 0.867. The molecule has 0 bridgehead atoms. The Bertz CT molecular complexity index is 169. The van der Waals surface area contributed by atoms with Gasteiger partial charge in [-0.05, 0) is 64.7 Å². The van der Waals surface area contributed by atoms with Crippen LogP contribution in [0, 0.1) is 11.8 Å². The van der Waals surface area contributed by atoms with Crippen LogP contribution in [0.3, 0.4) is 0 Å². The van der Waals surface area contributed by atoms with Gasteiger partial charge in [-0.1, -0.05) is 6.42 Å². The maximum absolute atomic E-state index is 3.46. The Morgan fingerprint density at radius 2 is 1.57 bits per heavy atom. The molecule has 0 radical (unpaired) electrons. The molecule has 0 aromatic carbocycles. The second-order valence-corrected chi connectivity index (χ2v) is 5.23. The number of rotatable bonds is 3. The monoisotopic (exact) mass is 196 g/mol. The number of hydrogen-bond donors (Lipinski definition) is 1. The maximum atomic E-state index is 3.46. The third-order valence-corrected chi connectivity index (χ3v) is 4.10. The summed E-state index contributed by atoms with van der Waals surface area (Å²) < 4.78 is 0. The van der Waals surface area contributed by atoms with Crippen LogP contribution in [0.1, 0.15) is 32.1 Å². The van der Waals surface area contributed by atoms with Crippen LogP contribution in [-0.4, -0.2) is 38.1 Å². The third kappa shape index (κ3) is 2.12. The highest BCUT2D eigenvalue weighted by Gasteiger charge is 2.34. The fraction of sp³-hybridized carbons (Fsp3) is 1.00. The van der Waals surface area contributed by atoms with Gasteiger partial charge in [-0.15, -0.1) is 0 Å². The summed E-state index contributed by atoms with van der Waals surface area (Å²) in [6.45, 7) is 2.48. The molecule has 0 aromatic rings. The van der Waals surface area contributed by atoms with Crippen LogP contribution in [0.25, 0.3) is 0 Å². The van der Waals surface area contributed by atoms with E-state index in [9.17, 15) is 0 Å². The predicted molar refractivity (Wildman–Crippen MR) is 60.4 cm³/mol. The molecule has 2 nitrogen and oxygen atoms in total. The van der Waals surface area contributed by atoms with Crippen molar-refractivity contribution in [3.8, 4) is 0 Å². The molecule has 1 saturated carbocycles. The first-order valence-electron chi connectivity index (χ1n) is 6.16. The zero-order chi connectivity index (χ0) is 9.97. The second kappa shape index (κ2) is 4.63. The lowest BCUT2D eigenvalue weighted by molar-refractivity contribution is 0.0742. The van der Waals surface area contributed by atoms with Crippen molar-refractivity contribution in [2.75, 3.05) is 27.2 Å². The fourth-order valence-electron chi connectivity index (χ4n) is 3.20. The van der Waals surface area contributed by atoms with Crippen LogP contribution in [0.5, 0.6) is 0 Å². The van der Waals surface area contributed by atoms with Gasteiger partial charge in [0.25, 0.3) is 0 Å². The molecule has 82 valence electrons. The Balaban J connectivity index is 1.93. The lowest BCUT2D eigenvalue weighted by Gasteiger charge is -2.44. The summed E-state index contributed by atoms with van der Waals surface area (Å²) in [4.78, 5) is 2.49. The molecule has 1 saturated heterocycles. The van der Waals surface area contributed by atoms with Crippen molar-refractivity contribution in [1.82, 2.24) is 10.2 Å². The van der Waals surface area contributed by atoms with E-state index in [2.05, 4.69) is 24.3 Å². The Kier molecular flexibility index (Phi) is 3.45. The van der Waals surface area contributed by atoms with Crippen molar-refractivity contribution in [3.63, 3.8) is 0 Å². The summed E-state index contributed by atoms with van der Waals surface area (Å²) in [5.41, 5.74) is 0. The Morgan fingerprint density at radius 1 is 1.00 bits per heavy atom. The number of nitrogens with zero attached hydrogens (tertiary/aromatic N) is 1. The minimum atomic E-state index is 0.867. The van der Waals surface area contributed by atoms with Gasteiger partial charge in [0, 0.05) is 6.04 Å². The summed E-state index contributed by atoms with van der Waals surface area (Å²) in [6, 6.07) is 0.867. The lowest BCUT2D eigenvalue weighted by atomic mass is 9.72. The van der Waals surface area contributed by atoms with E-state index in [1.807, 2.05) is 0 Å². The Labute approximate surface area is 88.1 Å². The molecule has 2 rings (SSSR count). The van der Waals surface area contributed by atoms with Gasteiger partial charge in [-0.3, -0.25) is 0 Å². The van der Waals surface area contributed by atoms with E-state index in [4.69, 9.17) is 0 Å². The van der Waals surface area contributed by atoms with Crippen molar-refractivity contribution in [2.45, 2.75) is 38.1 Å². The highest BCUT2D eigenvalue weighted by molar-refractivity contribution is 4.89. The maximum Gasteiger partial charge on any atom is 0.0147 e. The topological polar surface area (TPSA) is 15.3 Å². The van der Waals surface area contributed by atoms with Crippen molar-refractivity contribution in [1.29, 1.82) is 0 Å². The first kappa shape index (κ1) is 10.4. The van der Waals surface area contributed by atoms with Crippen LogP contribution in [0.4, 0.5) is 0 Å². The van der Waals surface area contributed by atoms with Crippen molar-refractivity contribution in [3.05, 3.63) is 0 Å². The lowest BCUT2D eigenvalue weighted by Crippen LogP contribution is -2.47. The molecule has 0 spiro atoms. The van der Waals surface area contributed by atoms with Gasteiger partial charge in [0.1, 0.15) is 0 Å². The average molecular weight is 196 g/mol. The molecular weight excluding hydrogens is 172 g/mol. The van der Waals surface area contributed by atoms with E-state index >= 15 is 0 Å². The van der Waals surface area contributed by atoms with Gasteiger partial charge in [0.2, 0.25) is 0 Å². The van der Waals surface area contributed by atoms with E-state index in [1.165, 1.54) is 45.2 Å². The van der Waals surface area contributed by atoms with Crippen molar-refractivity contribution in [2.24, 2.45) is 11.8 Å². The largest absolute Gasteiger partial charge is 0.317 e. The average Bonchev–Trinajstić information content (AvgIpc) is 2.12. The molecule has 0 aromatic heterocycles. The zero-order valence-corrected chi connectivity index (χ0v) is 9.63. The van der Waals surface area contributed by atoms with E-state index < -0.39 is 0 Å². The van der Waals surface area contributed by atoms with Crippen molar-refractivity contribution < 1.29 is 0 Å². The molecule has 1 unspecified atom stereocenters. The highest BCUT2D eigenvalue weighted by Crippen LogP contribution is 2.37. The smallest absolute Gasteiger partial charge is 0.0147 e. The number of hydrogen-bond acceptors (Lipinski definition) is 2. The van der Waals surface area contributed by atoms with Crippen LogP contribution in [0.2, 0.25) is 0 Å². The predicted octanol–water partition coefficient (Wildman–Crippen LogP) is 1.72. The van der Waals surface area contributed by atoms with Crippen LogP contribution < -0.4 is 5.32 Å². The molecule has 1 aliphatic carbocycles. The second-order valence-electron chi connectivity index (χ2n) is 5.23. The first-order chi connectivity index (χ1) is 6.79. The molecule has 1 aliphatic heterocycles. The van der Waals surface area contributed by atoms with Gasteiger partial charge < -0.3 is 10.2 Å². The summed E-state index contributed by atoms with van der Waals surface area (Å²) in [5.74, 6) is 1.96. The minimum Gasteiger partial charge on any atom is -0.317 e. The molecule has 0 amide bonds. The van der Waals surface area contributed by atoms with E-state index in [1.54, 1.807) is 0 Å². The van der Waals surface area contributed by atoms with E-state index in [-0.39, 0.29) is 0 Å². The summed E-state index contributed by atoms with van der Waals surface area (Å²) in [6.07, 6.45) is 7.21. The molecule has 1 atom stereocenters. The zero-order valence-electron chi connectivity index (χ0n) is 9.63. The molecular formula is C12H24N2. The molecule has 2 aliphatic rings. The molecule has 1 N–H and O–H groups in total. The summed E-state index contributed by atoms with van der Waals surface area (Å²) >= 11 is 0. The molecule has 2 fully saturated rings. The number of nitrogens with one attached hydrogen (secondary N) is 1. The summed E-state index contributed by atoms with van der Waals surface area (Å²) in [7, 11) is 4.54. The van der Waals surface area contributed by atoms with Gasteiger partial charge in [0.05, 0.1) is 0 Å². The van der Waals surface area contributed by atoms with Crippen molar-refractivity contribution >= 4 is 0 Å². The SMILES string of the molecule is CN(C)C(C1CCC1)C1CCNCC1. The normalized spacial score (nSPS) is 27.6. The quantitative estimate of drug-likeness (QED) is 0.739. The van der Waals surface area contributed by atoms with E-state index in [0.29, 0.717) is 0 Å². The van der Waals surface area contributed by atoms with Gasteiger partial charge in [-0.25, -0.2) is 0 Å². The van der Waals surface area contributed by atoms with Crippen LogP contribution in [-0.2, 0) is 0 Å². The molecule has 2 heteroatoms. The summed E-state index contributed by atoms with van der Waals surface area (Å²) in [5, 5.41) is 3.46. The van der Waals surface area contributed by atoms with Gasteiger partial charge in [-0.2, -0.15) is 0 Å². The van der Waals surface area contributed by atoms with E-state index in [0.717, 1.165) is 17.9 Å². The van der Waals surface area contributed by atoms with Gasteiger partial charge in [0.15, 0.2) is 0 Å². The number of piperidine rings is 1. The third-order valence-electron chi connectivity index (χ3n) is 4.10. The van der Waals surface area contributed by atoms with Crippen LogP contribution in [0.15, 0.2) is 0 Å². The van der Waals surface area contributed by atoms with Crippen LogP contribution >= 0.6 is 0 Å². The Morgan fingerprint density at radius 3 is 2.00 bits per heavy atom. The molecule has 1 heterocycles. The molecule has 14 heavy (non-hydrogen) atoms. The highest BCUT2D eigenvalue weighted by atomic mass is 15.1. The first-order valence-corrected chi connectivity index (χ1v) is 6.16. The standard InChI is InChI=1S/C12H24N2/c1-14(2)12(10-4-3-5-10)11-6-8-13-9-7-11/h10-13H,3-9H2,1-2H3.